The third-order valence-electron chi connectivity index (χ3n) is 3.71. The average Bonchev–Trinajstić information content (AvgIpc) is 3.09. The van der Waals surface area contributed by atoms with E-state index in [9.17, 15) is 13.6 Å². The fourth-order valence-electron chi connectivity index (χ4n) is 2.39. The fraction of sp³-hybridized carbons (Fsp3) is 0.211. The minimum atomic E-state index is -0.434. The van der Waals surface area contributed by atoms with E-state index in [1.807, 2.05) is 0 Å². The number of nitrogens with zero attached hydrogens (tertiary/aromatic N) is 2. The second-order valence-corrected chi connectivity index (χ2v) is 5.84. The van der Waals surface area contributed by atoms with Crippen molar-refractivity contribution < 1.29 is 18.3 Å². The Hall–Kier alpha value is -3.29. The van der Waals surface area contributed by atoms with Crippen LogP contribution in [0.2, 0.25) is 0 Å². The van der Waals surface area contributed by atoms with Crippen molar-refractivity contribution in [2.75, 3.05) is 11.9 Å². The molecule has 0 spiro atoms. The van der Waals surface area contributed by atoms with Gasteiger partial charge in [-0.25, -0.2) is 8.78 Å². The Morgan fingerprint density at radius 3 is 2.67 bits per heavy atom. The van der Waals surface area contributed by atoms with Crippen LogP contribution in [0.25, 0.3) is 0 Å². The Labute approximate surface area is 154 Å². The van der Waals surface area contributed by atoms with Gasteiger partial charge in [-0.2, -0.15) is 4.98 Å². The Kier molecular flexibility index (Phi) is 6.09. The van der Waals surface area contributed by atoms with Crippen molar-refractivity contribution in [3.05, 3.63) is 71.6 Å². The van der Waals surface area contributed by atoms with Gasteiger partial charge < -0.3 is 4.74 Å². The summed E-state index contributed by atoms with van der Waals surface area (Å²) < 4.78 is 31.6. The lowest BCUT2D eigenvalue weighted by Crippen LogP contribution is -2.14. The second-order valence-electron chi connectivity index (χ2n) is 5.84. The predicted octanol–water partition coefficient (Wildman–Crippen LogP) is 3.47. The molecule has 0 unspecified atom stereocenters. The molecule has 0 saturated heterocycles. The summed E-state index contributed by atoms with van der Waals surface area (Å²) in [7, 11) is 0. The van der Waals surface area contributed by atoms with Crippen LogP contribution in [0.1, 0.15) is 24.2 Å². The Bertz CT molecular complexity index is 897. The van der Waals surface area contributed by atoms with Crippen LogP contribution in [-0.2, 0) is 11.2 Å². The van der Waals surface area contributed by atoms with E-state index in [0.29, 0.717) is 18.7 Å². The lowest BCUT2D eigenvalue weighted by atomic mass is 10.1. The van der Waals surface area contributed by atoms with Crippen LogP contribution in [-0.4, -0.2) is 27.7 Å². The molecule has 0 bridgehead atoms. The Balaban J connectivity index is 1.41. The molecule has 1 aromatic heterocycles. The molecule has 0 atom stereocenters. The third kappa shape index (κ3) is 5.60. The fourth-order valence-corrected chi connectivity index (χ4v) is 2.39. The molecule has 0 radical (unpaired) electrons. The molecule has 3 rings (SSSR count). The summed E-state index contributed by atoms with van der Waals surface area (Å²) in [5.74, 6) is -0.108. The lowest BCUT2D eigenvalue weighted by molar-refractivity contribution is -0.116. The van der Waals surface area contributed by atoms with Crippen molar-refractivity contribution in [1.29, 1.82) is 0 Å². The van der Waals surface area contributed by atoms with Gasteiger partial charge in [0.15, 0.2) is 11.6 Å². The average molecular weight is 372 g/mol. The summed E-state index contributed by atoms with van der Waals surface area (Å²) in [6.45, 7) is 0.220. The van der Waals surface area contributed by atoms with Gasteiger partial charge in [0.2, 0.25) is 11.9 Å². The number of benzene rings is 2. The van der Waals surface area contributed by atoms with Crippen LogP contribution in [0, 0.1) is 11.6 Å². The van der Waals surface area contributed by atoms with Crippen molar-refractivity contribution in [3.63, 3.8) is 0 Å². The minimum Gasteiger partial charge on any atom is -0.491 e. The summed E-state index contributed by atoms with van der Waals surface area (Å²) in [5, 5.41) is 9.25. The number of hydrogen-bond acceptors (Lipinski definition) is 4. The maximum Gasteiger partial charge on any atom is 0.248 e. The number of rotatable bonds is 8. The van der Waals surface area contributed by atoms with Gasteiger partial charge in [-0.15, -0.1) is 5.10 Å². The molecule has 2 aromatic carbocycles. The van der Waals surface area contributed by atoms with Crippen LogP contribution in [0.4, 0.5) is 14.7 Å². The molecule has 0 aliphatic heterocycles. The molecule has 1 amide bonds. The molecule has 1 heterocycles. The van der Waals surface area contributed by atoms with Crippen LogP contribution in [0.15, 0.2) is 48.5 Å². The first-order chi connectivity index (χ1) is 13.1. The van der Waals surface area contributed by atoms with Crippen LogP contribution in [0.5, 0.6) is 5.75 Å². The monoisotopic (exact) mass is 372 g/mol. The smallest absolute Gasteiger partial charge is 0.248 e. The number of anilines is 1. The number of aromatic nitrogens is 3. The van der Waals surface area contributed by atoms with Crippen LogP contribution >= 0.6 is 0 Å². The summed E-state index contributed by atoms with van der Waals surface area (Å²) in [5.41, 5.74) is 0.871. The van der Waals surface area contributed by atoms with E-state index in [-0.39, 0.29) is 36.4 Å². The van der Waals surface area contributed by atoms with Gasteiger partial charge in [-0.1, -0.05) is 24.3 Å². The van der Waals surface area contributed by atoms with E-state index in [1.165, 1.54) is 24.3 Å². The number of ether oxygens (including phenoxy) is 1. The number of nitrogens with one attached hydrogen (secondary N) is 2. The van der Waals surface area contributed by atoms with Gasteiger partial charge >= 0.3 is 0 Å². The first kappa shape index (κ1) is 18.5. The molecule has 2 N–H and O–H groups in total. The standard InChI is InChI=1S/C19H18F2N4O2/c20-14-9-7-13(8-10-14)12-17-22-19(25-24-17)23-18(26)6-3-11-27-16-5-2-1-4-15(16)21/h1-2,4-5,7-10H,3,6,11-12H2,(H2,22,23,24,25,26). The Morgan fingerprint density at radius 1 is 1.11 bits per heavy atom. The van der Waals surface area contributed by atoms with E-state index >= 15 is 0 Å². The van der Waals surface area contributed by atoms with Crippen molar-refractivity contribution in [1.82, 2.24) is 15.2 Å². The molecule has 0 saturated carbocycles. The number of halogens is 2. The number of carbonyl (C=O) groups is 1. The van der Waals surface area contributed by atoms with Crippen molar-refractivity contribution in [3.8, 4) is 5.75 Å². The van der Waals surface area contributed by atoms with E-state index in [4.69, 9.17) is 4.74 Å². The van der Waals surface area contributed by atoms with E-state index in [1.54, 1.807) is 24.3 Å². The van der Waals surface area contributed by atoms with Crippen molar-refractivity contribution in [2.24, 2.45) is 0 Å². The molecule has 6 nitrogen and oxygen atoms in total. The highest BCUT2D eigenvalue weighted by Crippen LogP contribution is 2.15. The third-order valence-corrected chi connectivity index (χ3v) is 3.71. The number of hydrogen-bond donors (Lipinski definition) is 2. The van der Waals surface area contributed by atoms with Gasteiger partial charge in [0, 0.05) is 12.8 Å². The summed E-state index contributed by atoms with van der Waals surface area (Å²) in [4.78, 5) is 16.1. The molecule has 140 valence electrons. The molecule has 0 aliphatic carbocycles. The number of H-pyrrole nitrogens is 1. The molecular formula is C19H18F2N4O2. The van der Waals surface area contributed by atoms with Gasteiger partial charge in [0.1, 0.15) is 11.6 Å². The summed E-state index contributed by atoms with van der Waals surface area (Å²) in [6, 6.07) is 12.2. The Morgan fingerprint density at radius 2 is 1.89 bits per heavy atom. The topological polar surface area (TPSA) is 79.9 Å². The van der Waals surface area contributed by atoms with E-state index < -0.39 is 5.82 Å². The highest BCUT2D eigenvalue weighted by molar-refractivity contribution is 5.88. The highest BCUT2D eigenvalue weighted by atomic mass is 19.1. The number of aromatic amines is 1. The summed E-state index contributed by atoms with van der Waals surface area (Å²) >= 11 is 0. The molecule has 0 aliphatic rings. The highest BCUT2D eigenvalue weighted by Gasteiger charge is 2.09. The second kappa shape index (κ2) is 8.88. The first-order valence-electron chi connectivity index (χ1n) is 8.43. The maximum absolute atomic E-state index is 13.4. The molecular weight excluding hydrogens is 354 g/mol. The van der Waals surface area contributed by atoms with E-state index in [2.05, 4.69) is 20.5 Å². The zero-order chi connectivity index (χ0) is 19.1. The van der Waals surface area contributed by atoms with Crippen LogP contribution < -0.4 is 10.1 Å². The van der Waals surface area contributed by atoms with Gasteiger partial charge in [-0.05, 0) is 36.2 Å². The first-order valence-corrected chi connectivity index (χ1v) is 8.43. The number of para-hydroxylation sites is 1. The minimum absolute atomic E-state index is 0.164. The van der Waals surface area contributed by atoms with Gasteiger partial charge in [0.05, 0.1) is 6.61 Å². The molecule has 3 aromatic rings. The molecule has 0 fully saturated rings. The predicted molar refractivity (Wildman–Crippen MR) is 95.3 cm³/mol. The zero-order valence-electron chi connectivity index (χ0n) is 14.4. The molecule has 8 heteroatoms. The largest absolute Gasteiger partial charge is 0.491 e. The van der Waals surface area contributed by atoms with E-state index in [0.717, 1.165) is 5.56 Å². The lowest BCUT2D eigenvalue weighted by Gasteiger charge is -2.06. The summed E-state index contributed by atoms with van der Waals surface area (Å²) in [6.07, 6.45) is 1.06. The van der Waals surface area contributed by atoms with Gasteiger partial charge in [-0.3, -0.25) is 15.2 Å². The van der Waals surface area contributed by atoms with Crippen molar-refractivity contribution >= 4 is 11.9 Å². The SMILES string of the molecule is O=C(CCCOc1ccccc1F)Nc1n[nH]c(Cc2ccc(F)cc2)n1. The normalized spacial score (nSPS) is 10.6. The number of carbonyl (C=O) groups excluding carboxylic acids is 1. The van der Waals surface area contributed by atoms with Crippen molar-refractivity contribution in [2.45, 2.75) is 19.3 Å². The quantitative estimate of drug-likeness (QED) is 0.594. The van der Waals surface area contributed by atoms with Crippen LogP contribution in [0.3, 0.4) is 0 Å². The molecule has 27 heavy (non-hydrogen) atoms. The zero-order valence-corrected chi connectivity index (χ0v) is 14.4. The number of amides is 1. The maximum atomic E-state index is 13.4. The van der Waals surface area contributed by atoms with Gasteiger partial charge in [0.25, 0.3) is 0 Å².